The maximum Gasteiger partial charge on any atom is 0.416 e. The van der Waals surface area contributed by atoms with E-state index in [1.54, 1.807) is 24.3 Å². The number of hydrogen-bond acceptors (Lipinski definition) is 4. The number of guanidine groups is 1. The van der Waals surface area contributed by atoms with Gasteiger partial charge < -0.3 is 5.73 Å². The van der Waals surface area contributed by atoms with Gasteiger partial charge in [-0.1, -0.05) is 41.7 Å². The Kier molecular flexibility index (Phi) is 8.81. The van der Waals surface area contributed by atoms with E-state index in [1.165, 1.54) is 22.6 Å². The zero-order valence-electron chi connectivity index (χ0n) is 23.1. The predicted molar refractivity (Wildman–Crippen MR) is 159 cm³/mol. The van der Waals surface area contributed by atoms with E-state index in [9.17, 15) is 27.2 Å². The van der Waals surface area contributed by atoms with E-state index in [1.807, 2.05) is 12.1 Å². The minimum Gasteiger partial charge on any atom is -0.363 e. The summed E-state index contributed by atoms with van der Waals surface area (Å²) in [6.45, 7) is 0.0450. The number of alkyl halides is 3. The molecule has 0 unspecified atom stereocenters. The molecule has 0 saturated carbocycles. The summed E-state index contributed by atoms with van der Waals surface area (Å²) in [5, 5.41) is 5.67. The molecule has 1 heterocycles. The zero-order valence-corrected chi connectivity index (χ0v) is 23.9. The molecule has 5 rings (SSSR count). The molecule has 0 radical (unpaired) electrons. The van der Waals surface area contributed by atoms with Crippen molar-refractivity contribution in [3.8, 4) is 0 Å². The van der Waals surface area contributed by atoms with Crippen LogP contribution in [0.15, 0.2) is 76.8 Å². The van der Waals surface area contributed by atoms with Crippen molar-refractivity contribution in [1.82, 2.24) is 4.98 Å². The third-order valence-electron chi connectivity index (χ3n) is 6.97. The maximum absolute atomic E-state index is 14.5. The molecule has 9 nitrogen and oxygen atoms in total. The lowest BCUT2D eigenvalue weighted by atomic mass is 9.93. The normalized spacial score (nSPS) is 13.8. The zero-order chi connectivity index (χ0) is 31.4. The van der Waals surface area contributed by atoms with Gasteiger partial charge in [-0.2, -0.15) is 18.2 Å². The van der Waals surface area contributed by atoms with Crippen LogP contribution in [-0.4, -0.2) is 22.9 Å². The summed E-state index contributed by atoms with van der Waals surface area (Å²) >= 11 is 0.728. The maximum atomic E-state index is 14.5. The lowest BCUT2D eigenvalue weighted by Gasteiger charge is -2.23. The molecule has 0 bridgehead atoms. The lowest BCUT2D eigenvalue weighted by Crippen LogP contribution is -2.34. The molecule has 44 heavy (non-hydrogen) atoms. The summed E-state index contributed by atoms with van der Waals surface area (Å²) in [6, 6.07) is 14.2. The molecule has 0 fully saturated rings. The lowest BCUT2D eigenvalue weighted by molar-refractivity contribution is -0.207. The van der Waals surface area contributed by atoms with E-state index in [0.29, 0.717) is 17.3 Å². The Hall–Kier alpha value is -4.98. The van der Waals surface area contributed by atoms with E-state index in [0.717, 1.165) is 48.6 Å². The molecule has 226 valence electrons. The Labute approximate surface area is 252 Å². The Balaban J connectivity index is 1.43. The molecule has 5 N–H and O–H groups in total. The van der Waals surface area contributed by atoms with Gasteiger partial charge in [-0.25, -0.2) is 14.2 Å². The van der Waals surface area contributed by atoms with Crippen molar-refractivity contribution < 1.29 is 32.7 Å². The van der Waals surface area contributed by atoms with Gasteiger partial charge in [0.1, 0.15) is 5.52 Å². The van der Waals surface area contributed by atoms with Gasteiger partial charge in [0.25, 0.3) is 11.9 Å². The molecule has 0 atom stereocenters. The van der Waals surface area contributed by atoms with Crippen LogP contribution < -0.4 is 21.5 Å². The van der Waals surface area contributed by atoms with Gasteiger partial charge in [0, 0.05) is 16.4 Å². The first-order valence-electron chi connectivity index (χ1n) is 13.5. The van der Waals surface area contributed by atoms with Gasteiger partial charge in [-0.3, -0.25) is 15.0 Å². The molecule has 14 heteroatoms. The third-order valence-corrected chi connectivity index (χ3v) is 7.88. The van der Waals surface area contributed by atoms with Crippen LogP contribution in [0.25, 0.3) is 15.8 Å². The molecule has 3 amide bonds. The molecule has 3 aromatic carbocycles. The highest BCUT2D eigenvalue weighted by Crippen LogP contribution is 2.36. The number of fused-ring (bicyclic) bond motifs is 1. The van der Waals surface area contributed by atoms with Crippen LogP contribution in [0.5, 0.6) is 0 Å². The third kappa shape index (κ3) is 6.97. The number of halogens is 4. The van der Waals surface area contributed by atoms with Gasteiger partial charge in [0.05, 0.1) is 16.8 Å². The van der Waals surface area contributed by atoms with Crippen LogP contribution in [0.3, 0.4) is 0 Å². The van der Waals surface area contributed by atoms with Gasteiger partial charge in [0.2, 0.25) is 0 Å². The smallest absolute Gasteiger partial charge is 0.363 e. The number of amides is 3. The number of nitrogens with one attached hydrogen (secondary N) is 1. The number of allylic oxidation sites excluding steroid dienone is 2. The number of aromatic nitrogens is 1. The number of hydrogen-bond donors (Lipinski definition) is 3. The van der Waals surface area contributed by atoms with E-state index in [4.69, 9.17) is 11.3 Å². The Morgan fingerprint density at radius 1 is 1.07 bits per heavy atom. The van der Waals surface area contributed by atoms with Crippen molar-refractivity contribution in [2.24, 2.45) is 15.8 Å². The largest absolute Gasteiger partial charge is 0.416 e. The molecule has 0 saturated heterocycles. The van der Waals surface area contributed by atoms with Crippen LogP contribution >= 0.6 is 11.3 Å². The average molecular weight is 625 g/mol. The van der Waals surface area contributed by atoms with Crippen molar-refractivity contribution >= 4 is 55.8 Å². The molecular formula is C30H26F4N7O2S+. The number of carbonyl (C=O) groups is 2. The number of urea groups is 1. The second-order valence-electron chi connectivity index (χ2n) is 9.96. The minimum atomic E-state index is -4.74. The molecular weight excluding hydrogens is 598 g/mol. The van der Waals surface area contributed by atoms with Crippen LogP contribution in [0.2, 0.25) is 0 Å². The van der Waals surface area contributed by atoms with Crippen LogP contribution in [0.1, 0.15) is 52.7 Å². The van der Waals surface area contributed by atoms with Crippen molar-refractivity contribution in [2.45, 2.75) is 38.4 Å². The van der Waals surface area contributed by atoms with Crippen molar-refractivity contribution in [2.75, 3.05) is 10.2 Å². The molecule has 0 spiro atoms. The van der Waals surface area contributed by atoms with Crippen LogP contribution in [-0.2, 0) is 12.7 Å². The SMILES string of the molecule is NC(N=[NH2+])=NC(=O)c1ccc(CN(C(=O)Nc2nc3c(F)cc(C(F)(F)F)cc3s2)c2ccc(C3=CCCCC3)cc2)cc1. The summed E-state index contributed by atoms with van der Waals surface area (Å²) in [6.07, 6.45) is 1.70. The quantitative estimate of drug-likeness (QED) is 0.100. The van der Waals surface area contributed by atoms with Gasteiger partial charge >= 0.3 is 12.2 Å². The standard InChI is InChI=1S/C30H25F4N7O2S/c31-23-14-21(30(32,33)34)15-24-25(23)37-28(44-24)39-29(43)41(22-12-10-19(11-13-22)18-4-2-1-3-5-18)16-17-6-8-20(9-7-17)26(42)38-27(35)40-36/h4,6-15,36H,1-3,5,16H2,(H2,35,38,42)(H,37,39,43)/p+1. The van der Waals surface area contributed by atoms with Crippen molar-refractivity contribution in [1.29, 1.82) is 0 Å². The van der Waals surface area contributed by atoms with Gasteiger partial charge in [-0.05, 0) is 78.8 Å². The highest BCUT2D eigenvalue weighted by molar-refractivity contribution is 7.22. The Morgan fingerprint density at radius 3 is 2.43 bits per heavy atom. The number of benzene rings is 3. The highest BCUT2D eigenvalue weighted by atomic mass is 32.1. The Morgan fingerprint density at radius 2 is 1.80 bits per heavy atom. The average Bonchev–Trinajstić information content (AvgIpc) is 3.43. The fraction of sp³-hybridized carbons (Fsp3) is 0.200. The highest BCUT2D eigenvalue weighted by Gasteiger charge is 2.32. The number of carbonyl (C=O) groups excluding carboxylic acids is 2. The van der Waals surface area contributed by atoms with E-state index in [-0.39, 0.29) is 33.4 Å². The first kappa shape index (κ1) is 30.5. The summed E-state index contributed by atoms with van der Waals surface area (Å²) in [5.74, 6) is -2.17. The summed E-state index contributed by atoms with van der Waals surface area (Å²) < 4.78 is 54.0. The van der Waals surface area contributed by atoms with Crippen molar-refractivity contribution in [3.05, 3.63) is 94.8 Å². The molecule has 1 aliphatic rings. The molecule has 1 aromatic heterocycles. The summed E-state index contributed by atoms with van der Waals surface area (Å²) in [4.78, 5) is 34.9. The van der Waals surface area contributed by atoms with Gasteiger partial charge in [0.15, 0.2) is 10.9 Å². The molecule has 1 aliphatic carbocycles. The number of anilines is 2. The van der Waals surface area contributed by atoms with Gasteiger partial charge in [-0.15, -0.1) is 5.53 Å². The predicted octanol–water partition coefficient (Wildman–Crippen LogP) is 6.32. The van der Waals surface area contributed by atoms with E-state index in [2.05, 4.69) is 26.5 Å². The fourth-order valence-electron chi connectivity index (χ4n) is 4.73. The van der Waals surface area contributed by atoms with Crippen molar-refractivity contribution in [3.63, 3.8) is 0 Å². The van der Waals surface area contributed by atoms with Crippen LogP contribution in [0, 0.1) is 5.82 Å². The van der Waals surface area contributed by atoms with E-state index < -0.39 is 29.5 Å². The molecule has 0 aliphatic heterocycles. The van der Waals surface area contributed by atoms with Crippen LogP contribution in [0.4, 0.5) is 33.2 Å². The number of aliphatic imine (C=N–C) groups is 1. The van der Waals surface area contributed by atoms with E-state index >= 15 is 0 Å². The Bertz CT molecular complexity index is 1780. The fourth-order valence-corrected chi connectivity index (χ4v) is 5.64. The second-order valence-corrected chi connectivity index (χ2v) is 11.0. The second kappa shape index (κ2) is 12.7. The minimum absolute atomic E-state index is 0.0450. The topological polar surface area (TPSA) is 139 Å². The number of rotatable bonds is 6. The summed E-state index contributed by atoms with van der Waals surface area (Å²) in [5.41, 5.74) is 12.7. The monoisotopic (exact) mass is 624 g/mol. The first-order valence-corrected chi connectivity index (χ1v) is 14.3. The number of nitrogens with two attached hydrogens (primary N) is 2. The number of nitrogens with zero attached hydrogens (tertiary/aromatic N) is 4. The molecule has 4 aromatic rings. The summed E-state index contributed by atoms with van der Waals surface area (Å²) in [7, 11) is 0. The number of thiazole rings is 1. The first-order chi connectivity index (χ1) is 21.0.